The second kappa shape index (κ2) is 15.9. The van der Waals surface area contributed by atoms with E-state index in [-0.39, 0.29) is 13.2 Å². The average Bonchev–Trinajstić information content (AvgIpc) is 3.02. The molecule has 2 aromatic carbocycles. The van der Waals surface area contributed by atoms with E-state index < -0.39 is 0 Å². The van der Waals surface area contributed by atoms with Crippen LogP contribution in [0, 0.1) is 0 Å². The molecule has 0 spiro atoms. The standard InChI is InChI=1S/C19H23N3O.C13H18N2O2/c23-16-15-21-11-13-22(14-12-21)19-5-3-17(4-6-19)1-2-18-7-9-20-10-8-18;16-10-9-14-5-7-15(8-6-14)13-3-1-12(11-17)2-4-13/h1-10,23H,11-16H2;1-4,11,16H,5-10H2. The number of rotatable bonds is 9. The lowest BCUT2D eigenvalue weighted by molar-refractivity contribution is 0.112. The molecule has 2 aliphatic heterocycles. The van der Waals surface area contributed by atoms with E-state index >= 15 is 0 Å². The van der Waals surface area contributed by atoms with Gasteiger partial charge < -0.3 is 20.0 Å². The molecule has 8 heteroatoms. The van der Waals surface area contributed by atoms with Crippen LogP contribution >= 0.6 is 0 Å². The van der Waals surface area contributed by atoms with Crippen molar-refractivity contribution < 1.29 is 15.0 Å². The van der Waals surface area contributed by atoms with E-state index in [1.165, 1.54) is 16.9 Å². The number of piperazine rings is 2. The maximum Gasteiger partial charge on any atom is 0.150 e. The Bertz CT molecular complexity index is 1160. The van der Waals surface area contributed by atoms with Crippen molar-refractivity contribution in [2.24, 2.45) is 0 Å². The van der Waals surface area contributed by atoms with E-state index in [0.29, 0.717) is 5.56 Å². The lowest BCUT2D eigenvalue weighted by Gasteiger charge is -2.35. The summed E-state index contributed by atoms with van der Waals surface area (Å²) in [6.07, 6.45) is 8.70. The van der Waals surface area contributed by atoms with E-state index in [2.05, 4.69) is 61.0 Å². The Hall–Kier alpha value is -3.56. The maximum atomic E-state index is 10.6. The average molecular weight is 544 g/mol. The van der Waals surface area contributed by atoms with Crippen molar-refractivity contribution in [2.45, 2.75) is 0 Å². The molecule has 0 bridgehead atoms. The summed E-state index contributed by atoms with van der Waals surface area (Å²) in [5.41, 5.74) is 5.51. The van der Waals surface area contributed by atoms with Crippen molar-refractivity contribution in [3.05, 3.63) is 89.7 Å². The van der Waals surface area contributed by atoms with Crippen LogP contribution in [0.15, 0.2) is 73.1 Å². The minimum absolute atomic E-state index is 0.230. The summed E-state index contributed by atoms with van der Waals surface area (Å²) in [4.78, 5) is 23.9. The predicted octanol–water partition coefficient (Wildman–Crippen LogP) is 2.98. The van der Waals surface area contributed by atoms with E-state index in [4.69, 9.17) is 10.2 Å². The van der Waals surface area contributed by atoms with Gasteiger partial charge in [-0.2, -0.15) is 0 Å². The molecule has 3 aromatic rings. The Morgan fingerprint density at radius 2 is 0.975 bits per heavy atom. The van der Waals surface area contributed by atoms with Gasteiger partial charge in [-0.15, -0.1) is 0 Å². The number of aldehydes is 1. The summed E-state index contributed by atoms with van der Waals surface area (Å²) in [6.45, 7) is 10.0. The fourth-order valence-electron chi connectivity index (χ4n) is 4.97. The van der Waals surface area contributed by atoms with E-state index in [9.17, 15) is 4.79 Å². The van der Waals surface area contributed by atoms with E-state index in [0.717, 1.165) is 77.3 Å². The summed E-state index contributed by atoms with van der Waals surface area (Å²) in [5, 5.41) is 17.9. The van der Waals surface area contributed by atoms with Gasteiger partial charge in [0.1, 0.15) is 6.29 Å². The first-order chi connectivity index (χ1) is 19.7. The van der Waals surface area contributed by atoms with Gasteiger partial charge in [-0.05, 0) is 59.7 Å². The SMILES string of the molecule is O=Cc1ccc(N2CCN(CCO)CC2)cc1.OCCN1CCN(c2ccc(C=Cc3ccncc3)cc2)CC1. The van der Waals surface area contributed by atoms with Crippen molar-refractivity contribution >= 4 is 29.8 Å². The summed E-state index contributed by atoms with van der Waals surface area (Å²) >= 11 is 0. The quantitative estimate of drug-likeness (QED) is 0.399. The minimum Gasteiger partial charge on any atom is -0.395 e. The molecule has 0 amide bonds. The van der Waals surface area contributed by atoms with Crippen LogP contribution in [0.25, 0.3) is 12.2 Å². The number of carbonyl (C=O) groups is 1. The van der Waals surface area contributed by atoms with Crippen LogP contribution in [-0.4, -0.2) is 110 Å². The molecule has 1 aromatic heterocycles. The van der Waals surface area contributed by atoms with Gasteiger partial charge in [-0.25, -0.2) is 0 Å². The number of aliphatic hydroxyl groups excluding tert-OH is 2. The van der Waals surface area contributed by atoms with Crippen LogP contribution in [0.4, 0.5) is 11.4 Å². The first-order valence-electron chi connectivity index (χ1n) is 14.1. The van der Waals surface area contributed by atoms with Gasteiger partial charge in [0.25, 0.3) is 0 Å². The number of aromatic nitrogens is 1. The minimum atomic E-state index is 0.230. The normalized spacial score (nSPS) is 16.6. The van der Waals surface area contributed by atoms with Crippen molar-refractivity contribution in [3.8, 4) is 0 Å². The molecule has 212 valence electrons. The summed E-state index contributed by atoms with van der Waals surface area (Å²) < 4.78 is 0. The van der Waals surface area contributed by atoms with Gasteiger partial charge in [0, 0.05) is 94.8 Å². The highest BCUT2D eigenvalue weighted by Gasteiger charge is 2.17. The lowest BCUT2D eigenvalue weighted by atomic mass is 10.1. The number of β-amino-alcohol motifs (C(OH)–C–C–N with tert-alkyl or cyclic N) is 2. The van der Waals surface area contributed by atoms with Gasteiger partial charge in [0.15, 0.2) is 0 Å². The van der Waals surface area contributed by atoms with Gasteiger partial charge in [0.2, 0.25) is 0 Å². The first kappa shape index (κ1) is 29.4. The third kappa shape index (κ3) is 8.99. The number of nitrogens with zero attached hydrogens (tertiary/aromatic N) is 5. The highest BCUT2D eigenvalue weighted by Crippen LogP contribution is 2.19. The monoisotopic (exact) mass is 543 g/mol. The smallest absolute Gasteiger partial charge is 0.150 e. The van der Waals surface area contributed by atoms with Crippen LogP contribution in [0.2, 0.25) is 0 Å². The van der Waals surface area contributed by atoms with Crippen LogP contribution in [0.1, 0.15) is 21.5 Å². The molecule has 2 aliphatic rings. The lowest BCUT2D eigenvalue weighted by Crippen LogP contribution is -2.47. The highest BCUT2D eigenvalue weighted by atomic mass is 16.3. The third-order valence-corrected chi connectivity index (χ3v) is 7.40. The summed E-state index contributed by atoms with van der Waals surface area (Å²) in [7, 11) is 0. The molecule has 0 aliphatic carbocycles. The molecular weight excluding hydrogens is 502 g/mol. The van der Waals surface area contributed by atoms with Gasteiger partial charge in [0.05, 0.1) is 13.2 Å². The molecule has 2 fully saturated rings. The molecule has 40 heavy (non-hydrogen) atoms. The molecule has 0 atom stereocenters. The summed E-state index contributed by atoms with van der Waals surface area (Å²) in [5.74, 6) is 0. The fraction of sp³-hybridized carbons (Fsp3) is 0.375. The number of hydrogen-bond acceptors (Lipinski definition) is 8. The zero-order valence-electron chi connectivity index (χ0n) is 23.2. The Morgan fingerprint density at radius 1 is 0.575 bits per heavy atom. The number of aliphatic hydroxyl groups is 2. The maximum absolute atomic E-state index is 10.6. The van der Waals surface area contributed by atoms with Gasteiger partial charge >= 0.3 is 0 Å². The van der Waals surface area contributed by atoms with Crippen molar-refractivity contribution in [3.63, 3.8) is 0 Å². The number of benzene rings is 2. The Kier molecular flexibility index (Phi) is 11.7. The van der Waals surface area contributed by atoms with Gasteiger partial charge in [-0.1, -0.05) is 24.3 Å². The largest absolute Gasteiger partial charge is 0.395 e. The number of hydrogen-bond donors (Lipinski definition) is 2. The molecule has 8 nitrogen and oxygen atoms in total. The Morgan fingerprint density at radius 3 is 1.38 bits per heavy atom. The van der Waals surface area contributed by atoms with Crippen LogP contribution < -0.4 is 9.80 Å². The second-order valence-corrected chi connectivity index (χ2v) is 10.0. The molecule has 0 saturated carbocycles. The molecule has 0 unspecified atom stereocenters. The number of carbonyl (C=O) groups excluding carboxylic acids is 1. The molecule has 0 radical (unpaired) electrons. The number of pyridine rings is 1. The Labute approximate surface area is 237 Å². The fourth-order valence-corrected chi connectivity index (χ4v) is 4.97. The van der Waals surface area contributed by atoms with Crippen LogP contribution in [0.5, 0.6) is 0 Å². The predicted molar refractivity (Wildman–Crippen MR) is 163 cm³/mol. The van der Waals surface area contributed by atoms with Crippen LogP contribution in [-0.2, 0) is 0 Å². The van der Waals surface area contributed by atoms with Crippen molar-refractivity contribution in [2.75, 3.05) is 88.5 Å². The first-order valence-corrected chi connectivity index (χ1v) is 14.1. The molecule has 3 heterocycles. The van der Waals surface area contributed by atoms with Crippen molar-refractivity contribution in [1.29, 1.82) is 0 Å². The second-order valence-electron chi connectivity index (χ2n) is 10.0. The van der Waals surface area contributed by atoms with Crippen molar-refractivity contribution in [1.82, 2.24) is 14.8 Å². The molecule has 2 saturated heterocycles. The Balaban J connectivity index is 0.000000194. The topological polar surface area (TPSA) is 83.4 Å². The van der Waals surface area contributed by atoms with E-state index in [1.807, 2.05) is 36.4 Å². The highest BCUT2D eigenvalue weighted by molar-refractivity contribution is 5.75. The zero-order chi connectivity index (χ0) is 28.0. The zero-order valence-corrected chi connectivity index (χ0v) is 23.2. The third-order valence-electron chi connectivity index (χ3n) is 7.40. The molecule has 5 rings (SSSR count). The molecular formula is C32H41N5O3. The molecule has 2 N–H and O–H groups in total. The number of anilines is 2. The van der Waals surface area contributed by atoms with Gasteiger partial charge in [-0.3, -0.25) is 19.6 Å². The summed E-state index contributed by atoms with van der Waals surface area (Å²) in [6, 6.07) is 20.4. The van der Waals surface area contributed by atoms with Crippen LogP contribution in [0.3, 0.4) is 0 Å². The van der Waals surface area contributed by atoms with E-state index in [1.54, 1.807) is 12.4 Å².